The summed E-state index contributed by atoms with van der Waals surface area (Å²) in [4.78, 5) is 0. The van der Waals surface area contributed by atoms with Crippen LogP contribution < -0.4 is 15.9 Å². The maximum atomic E-state index is 14.2. The van der Waals surface area contributed by atoms with Gasteiger partial charge in [-0.2, -0.15) is 0 Å². The van der Waals surface area contributed by atoms with Crippen LogP contribution in [0.15, 0.2) is 53.1 Å². The normalized spacial score (nSPS) is 10.6. The number of hydrogen-bond donors (Lipinski definition) is 3. The van der Waals surface area contributed by atoms with Gasteiger partial charge in [0.15, 0.2) is 11.6 Å². The van der Waals surface area contributed by atoms with Crippen LogP contribution in [-0.2, 0) is 0 Å². The number of aryl methyl sites for hydroxylation is 1. The molecule has 25 heavy (non-hydrogen) atoms. The Morgan fingerprint density at radius 3 is 2.44 bits per heavy atom. The van der Waals surface area contributed by atoms with E-state index in [-0.39, 0.29) is 22.9 Å². The summed E-state index contributed by atoms with van der Waals surface area (Å²) in [6.07, 6.45) is 1.33. The van der Waals surface area contributed by atoms with Gasteiger partial charge in [-0.1, -0.05) is 6.07 Å². The molecule has 0 saturated carbocycles. The van der Waals surface area contributed by atoms with E-state index in [9.17, 15) is 18.4 Å². The predicted octanol–water partition coefficient (Wildman–Crippen LogP) is 4.97. The van der Waals surface area contributed by atoms with Gasteiger partial charge in [-0.3, -0.25) is 10.6 Å². The van der Waals surface area contributed by atoms with Crippen molar-refractivity contribution < 1.29 is 22.8 Å². The second kappa shape index (κ2) is 6.78. The fourth-order valence-electron chi connectivity index (χ4n) is 2.18. The van der Waals surface area contributed by atoms with Gasteiger partial charge in [0.25, 0.3) is 0 Å². The summed E-state index contributed by atoms with van der Waals surface area (Å²) < 4.78 is 46.8. The Bertz CT molecular complexity index is 885. The smallest absolute Gasteiger partial charge is 0.239 e. The van der Waals surface area contributed by atoms with Crippen molar-refractivity contribution >= 4 is 22.9 Å². The zero-order valence-electron chi connectivity index (χ0n) is 13.1. The van der Waals surface area contributed by atoms with E-state index >= 15 is 0 Å². The minimum atomic E-state index is -1.22. The van der Waals surface area contributed by atoms with Gasteiger partial charge in [0, 0.05) is 6.07 Å². The Hall–Kier alpha value is -3.13. The van der Waals surface area contributed by atoms with Crippen molar-refractivity contribution in [3.05, 3.63) is 71.7 Å². The lowest BCUT2D eigenvalue weighted by Crippen LogP contribution is -2.25. The zero-order chi connectivity index (χ0) is 18.0. The first-order valence-electron chi connectivity index (χ1n) is 7.26. The van der Waals surface area contributed by atoms with Crippen molar-refractivity contribution in [1.29, 1.82) is 0 Å². The molecule has 0 atom stereocenters. The molecule has 0 spiro atoms. The Balaban J connectivity index is 1.95. The zero-order valence-corrected chi connectivity index (χ0v) is 13.1. The van der Waals surface area contributed by atoms with Crippen molar-refractivity contribution in [3.8, 4) is 0 Å². The van der Waals surface area contributed by atoms with Crippen LogP contribution in [0.1, 0.15) is 5.56 Å². The molecule has 0 aliphatic carbocycles. The average Bonchev–Trinajstić information content (AvgIpc) is 3.11. The fourth-order valence-corrected chi connectivity index (χ4v) is 2.18. The number of nitrogens with one attached hydrogen (secondary N) is 2. The number of rotatable bonds is 5. The van der Waals surface area contributed by atoms with Crippen molar-refractivity contribution in [2.45, 2.75) is 6.92 Å². The van der Waals surface area contributed by atoms with Crippen LogP contribution in [0.2, 0.25) is 0 Å². The quantitative estimate of drug-likeness (QED) is 0.568. The minimum Gasteiger partial charge on any atom is -0.445 e. The Kier molecular flexibility index (Phi) is 4.53. The Labute approximate surface area is 141 Å². The van der Waals surface area contributed by atoms with Crippen LogP contribution in [0, 0.1) is 24.4 Å². The van der Waals surface area contributed by atoms with Gasteiger partial charge >= 0.3 is 0 Å². The largest absolute Gasteiger partial charge is 0.445 e. The van der Waals surface area contributed by atoms with E-state index < -0.39 is 17.5 Å². The van der Waals surface area contributed by atoms with Crippen LogP contribution in [0.5, 0.6) is 0 Å². The molecule has 3 rings (SSSR count). The van der Waals surface area contributed by atoms with E-state index in [1.165, 1.54) is 36.6 Å². The molecule has 130 valence electrons. The van der Waals surface area contributed by atoms with Crippen molar-refractivity contribution in [2.75, 3.05) is 15.9 Å². The summed E-state index contributed by atoms with van der Waals surface area (Å²) in [5, 5.41) is 12.9. The van der Waals surface area contributed by atoms with Gasteiger partial charge in [-0.25, -0.2) is 13.2 Å². The SMILES string of the molecule is Cc1ccc(Nc2c(NN(O)c3ccco3)ccc(F)c2F)c(F)c1. The van der Waals surface area contributed by atoms with Crippen molar-refractivity contribution in [1.82, 2.24) is 0 Å². The van der Waals surface area contributed by atoms with Gasteiger partial charge in [0.05, 0.1) is 17.6 Å². The lowest BCUT2D eigenvalue weighted by atomic mass is 10.2. The summed E-state index contributed by atoms with van der Waals surface area (Å²) in [5.41, 5.74) is 2.68. The molecule has 0 saturated heterocycles. The molecule has 5 nitrogen and oxygen atoms in total. The van der Waals surface area contributed by atoms with E-state index in [1.807, 2.05) is 0 Å². The number of hydrazine groups is 1. The topological polar surface area (TPSA) is 60.7 Å². The Morgan fingerprint density at radius 2 is 1.76 bits per heavy atom. The van der Waals surface area contributed by atoms with Crippen LogP contribution in [0.4, 0.5) is 36.1 Å². The Morgan fingerprint density at radius 1 is 1.00 bits per heavy atom. The minimum absolute atomic E-state index is 0.0252. The first-order valence-corrected chi connectivity index (χ1v) is 7.26. The molecular weight excluding hydrogens is 335 g/mol. The third kappa shape index (κ3) is 3.53. The standard InChI is InChI=1S/C17H14F3N3O2/c1-10-4-6-13(12(19)9-10)21-17-14(7-5-11(18)16(17)20)22-23(24)15-3-2-8-25-15/h2-9,21-22,24H,1H3. The number of halogens is 3. The molecule has 0 radical (unpaired) electrons. The van der Waals surface area contributed by atoms with Gasteiger partial charge in [0.2, 0.25) is 5.88 Å². The van der Waals surface area contributed by atoms with Crippen molar-refractivity contribution in [3.63, 3.8) is 0 Å². The molecule has 2 aromatic carbocycles. The second-order valence-corrected chi connectivity index (χ2v) is 5.27. The van der Waals surface area contributed by atoms with E-state index in [0.29, 0.717) is 10.7 Å². The highest BCUT2D eigenvalue weighted by molar-refractivity contribution is 5.76. The summed E-state index contributed by atoms with van der Waals surface area (Å²) in [6, 6.07) is 9.34. The highest BCUT2D eigenvalue weighted by atomic mass is 19.2. The summed E-state index contributed by atoms with van der Waals surface area (Å²) in [5.74, 6) is -2.94. The van der Waals surface area contributed by atoms with E-state index in [1.54, 1.807) is 13.0 Å². The van der Waals surface area contributed by atoms with Crippen molar-refractivity contribution in [2.24, 2.45) is 0 Å². The molecule has 3 N–H and O–H groups in total. The second-order valence-electron chi connectivity index (χ2n) is 5.27. The maximum Gasteiger partial charge on any atom is 0.239 e. The lowest BCUT2D eigenvalue weighted by Gasteiger charge is -2.20. The monoisotopic (exact) mass is 349 g/mol. The first-order chi connectivity index (χ1) is 12.0. The van der Waals surface area contributed by atoms with Crippen LogP contribution in [-0.4, -0.2) is 5.21 Å². The van der Waals surface area contributed by atoms with Gasteiger partial charge in [-0.15, -0.1) is 5.17 Å². The molecule has 8 heteroatoms. The molecule has 1 heterocycles. The first kappa shape index (κ1) is 16.7. The van der Waals surface area contributed by atoms with Gasteiger partial charge in [0.1, 0.15) is 11.5 Å². The van der Waals surface area contributed by atoms with Crippen LogP contribution >= 0.6 is 0 Å². The fraction of sp³-hybridized carbons (Fsp3) is 0.0588. The van der Waals surface area contributed by atoms with Gasteiger partial charge in [-0.05, 0) is 42.8 Å². The molecule has 0 aliphatic rings. The van der Waals surface area contributed by atoms with Crippen LogP contribution in [0.25, 0.3) is 0 Å². The molecule has 0 amide bonds. The molecule has 0 bridgehead atoms. The average molecular weight is 349 g/mol. The molecule has 1 aromatic heterocycles. The number of nitrogens with zero attached hydrogens (tertiary/aromatic N) is 1. The highest BCUT2D eigenvalue weighted by Crippen LogP contribution is 2.32. The van der Waals surface area contributed by atoms with E-state index in [0.717, 1.165) is 6.07 Å². The third-order valence-corrected chi connectivity index (χ3v) is 3.42. The van der Waals surface area contributed by atoms with E-state index in [2.05, 4.69) is 10.7 Å². The molecular formula is C17H14F3N3O2. The highest BCUT2D eigenvalue weighted by Gasteiger charge is 2.17. The molecule has 0 unspecified atom stereocenters. The summed E-state index contributed by atoms with van der Waals surface area (Å²) >= 11 is 0. The molecule has 0 aliphatic heterocycles. The molecule has 0 fully saturated rings. The predicted molar refractivity (Wildman–Crippen MR) is 87.4 cm³/mol. The third-order valence-electron chi connectivity index (χ3n) is 3.42. The van der Waals surface area contributed by atoms with Crippen LogP contribution in [0.3, 0.4) is 0 Å². The number of furan rings is 1. The number of hydrogen-bond acceptors (Lipinski definition) is 5. The number of anilines is 4. The summed E-state index contributed by atoms with van der Waals surface area (Å²) in [6.45, 7) is 1.70. The van der Waals surface area contributed by atoms with Gasteiger partial charge < -0.3 is 9.73 Å². The maximum absolute atomic E-state index is 14.2. The summed E-state index contributed by atoms with van der Waals surface area (Å²) in [7, 11) is 0. The number of benzene rings is 2. The molecule has 3 aromatic rings. The van der Waals surface area contributed by atoms with E-state index in [4.69, 9.17) is 4.42 Å². The lowest BCUT2D eigenvalue weighted by molar-refractivity contribution is 0.255.